The second-order valence-corrected chi connectivity index (χ2v) is 11.2. The van der Waals surface area contributed by atoms with Gasteiger partial charge in [0.15, 0.2) is 0 Å². The zero-order valence-electron chi connectivity index (χ0n) is 21.8. The molecule has 0 amide bonds. The molecular weight excluding hydrogens is 440 g/mol. The summed E-state index contributed by atoms with van der Waals surface area (Å²) in [7, 11) is 0. The summed E-state index contributed by atoms with van der Waals surface area (Å²) in [5.74, 6) is 0.940. The van der Waals surface area contributed by atoms with Crippen LogP contribution in [0.15, 0.2) is 47.6 Å². The second kappa shape index (κ2) is 13.2. The number of rotatable bonds is 10. The number of hydrogen-bond donors (Lipinski definition) is 4. The van der Waals surface area contributed by atoms with E-state index in [0.29, 0.717) is 37.7 Å². The molecule has 1 aromatic carbocycles. The van der Waals surface area contributed by atoms with Gasteiger partial charge in [-0.1, -0.05) is 54.5 Å². The molecule has 0 heterocycles. The van der Waals surface area contributed by atoms with Gasteiger partial charge in [0.1, 0.15) is 6.10 Å². The van der Waals surface area contributed by atoms with Crippen LogP contribution in [0.25, 0.3) is 0 Å². The minimum atomic E-state index is -0.724. The highest BCUT2D eigenvalue weighted by Crippen LogP contribution is 2.41. The Morgan fingerprint density at radius 2 is 1.83 bits per heavy atom. The van der Waals surface area contributed by atoms with Crippen molar-refractivity contribution in [3.05, 3.63) is 58.7 Å². The largest absolute Gasteiger partial charge is 0.396 e. The maximum atomic E-state index is 10.5. The molecular formula is C30H46O5. The summed E-state index contributed by atoms with van der Waals surface area (Å²) in [5.41, 5.74) is 4.64. The molecule has 2 fully saturated rings. The van der Waals surface area contributed by atoms with Gasteiger partial charge in [-0.05, 0) is 94.6 Å². The Labute approximate surface area is 211 Å². The molecule has 1 aromatic rings. The van der Waals surface area contributed by atoms with Gasteiger partial charge in [-0.2, -0.15) is 0 Å². The smallest absolute Gasteiger partial charge is 0.110 e. The van der Waals surface area contributed by atoms with Crippen molar-refractivity contribution >= 4 is 0 Å². The maximum Gasteiger partial charge on any atom is 0.110 e. The topological polar surface area (TPSA) is 90.2 Å². The maximum absolute atomic E-state index is 10.5. The third kappa shape index (κ3) is 8.54. The Kier molecular flexibility index (Phi) is 10.6. The van der Waals surface area contributed by atoms with Crippen LogP contribution >= 0.6 is 0 Å². The minimum absolute atomic E-state index is 0.0448. The fourth-order valence-corrected chi connectivity index (χ4v) is 5.63. The van der Waals surface area contributed by atoms with Gasteiger partial charge in [-0.15, -0.1) is 0 Å². The van der Waals surface area contributed by atoms with Gasteiger partial charge in [0.05, 0.1) is 17.8 Å². The number of aliphatic hydroxyl groups excluding tert-OH is 3. The second-order valence-electron chi connectivity index (χ2n) is 11.2. The molecule has 2 saturated carbocycles. The van der Waals surface area contributed by atoms with Gasteiger partial charge >= 0.3 is 0 Å². The Morgan fingerprint density at radius 1 is 1.09 bits per heavy atom. The van der Waals surface area contributed by atoms with Crippen LogP contribution in [0.3, 0.4) is 0 Å². The molecule has 0 aliphatic heterocycles. The minimum Gasteiger partial charge on any atom is -0.396 e. The molecule has 0 aromatic heterocycles. The molecule has 2 aliphatic carbocycles. The van der Waals surface area contributed by atoms with Crippen LogP contribution in [-0.2, 0) is 11.2 Å². The third-order valence-electron chi connectivity index (χ3n) is 7.65. The standard InChI is InChI=1S/C30H46O5/c1-21-24(14-13-23-19-27(32)29(28(33)20-23)35-17-7-16-31)10-5-12-26(21)25-11-4-8-22(18-25)9-6-15-30(2,3)34/h4,8,11,13-14,18,21,26-29,31-34H,5-7,9-10,12,15-17,19-20H2,1-3H3/b23-13?,24-14+/t21-,26-,27+,28+,29?/m0/s1. The van der Waals surface area contributed by atoms with Crippen molar-refractivity contribution in [3.63, 3.8) is 0 Å². The highest BCUT2D eigenvalue weighted by molar-refractivity contribution is 5.32. The molecule has 196 valence electrons. The molecule has 2 aliphatic rings. The first-order valence-electron chi connectivity index (χ1n) is 13.5. The van der Waals surface area contributed by atoms with E-state index in [9.17, 15) is 15.3 Å². The number of aryl methyl sites for hydroxylation is 1. The number of benzene rings is 1. The summed E-state index contributed by atoms with van der Waals surface area (Å²) < 4.78 is 5.61. The Bertz CT molecular complexity index is 839. The summed E-state index contributed by atoms with van der Waals surface area (Å²) in [6.45, 7) is 6.46. The average molecular weight is 487 g/mol. The van der Waals surface area contributed by atoms with E-state index in [4.69, 9.17) is 9.84 Å². The zero-order chi connectivity index (χ0) is 25.4. The number of ether oxygens (including phenoxy) is 1. The van der Waals surface area contributed by atoms with E-state index < -0.39 is 23.9 Å². The lowest BCUT2D eigenvalue weighted by Gasteiger charge is -2.34. The molecule has 0 spiro atoms. The fourth-order valence-electron chi connectivity index (χ4n) is 5.63. The zero-order valence-corrected chi connectivity index (χ0v) is 21.8. The predicted octanol–water partition coefficient (Wildman–Crippen LogP) is 4.82. The quantitative estimate of drug-likeness (QED) is 0.356. The summed E-state index contributed by atoms with van der Waals surface area (Å²) in [4.78, 5) is 0. The molecule has 0 bridgehead atoms. The van der Waals surface area contributed by atoms with Crippen LogP contribution < -0.4 is 0 Å². The molecule has 5 heteroatoms. The van der Waals surface area contributed by atoms with Crippen LogP contribution in [0.1, 0.15) is 89.2 Å². The van der Waals surface area contributed by atoms with E-state index in [-0.39, 0.29) is 6.61 Å². The summed E-state index contributed by atoms with van der Waals surface area (Å²) in [6, 6.07) is 8.98. The number of aliphatic hydroxyl groups is 4. The Balaban J connectivity index is 1.63. The van der Waals surface area contributed by atoms with Gasteiger partial charge in [0.2, 0.25) is 0 Å². The number of allylic oxidation sites excluding steroid dienone is 3. The Morgan fingerprint density at radius 3 is 2.51 bits per heavy atom. The van der Waals surface area contributed by atoms with E-state index in [1.807, 2.05) is 13.8 Å². The molecule has 0 radical (unpaired) electrons. The van der Waals surface area contributed by atoms with Gasteiger partial charge in [-0.25, -0.2) is 0 Å². The van der Waals surface area contributed by atoms with Gasteiger partial charge in [-0.3, -0.25) is 0 Å². The fraction of sp³-hybridized carbons (Fsp3) is 0.667. The lowest BCUT2D eigenvalue weighted by atomic mass is 9.73. The summed E-state index contributed by atoms with van der Waals surface area (Å²) in [6.07, 6.45) is 10.0. The first kappa shape index (κ1) is 28.1. The Hall–Kier alpha value is -1.50. The SMILES string of the molecule is C[C@H]1/C(=C/C=C2C[C@@H](O)C(OCCCO)[C@H](O)C2)CCC[C@@H]1c1cccc(CCCC(C)(C)O)c1. The van der Waals surface area contributed by atoms with Crippen molar-refractivity contribution in [3.8, 4) is 0 Å². The summed E-state index contributed by atoms with van der Waals surface area (Å²) >= 11 is 0. The normalized spacial score (nSPS) is 28.9. The average Bonchev–Trinajstić information content (AvgIpc) is 2.79. The number of hydrogen-bond acceptors (Lipinski definition) is 5. The van der Waals surface area contributed by atoms with Crippen molar-refractivity contribution in [2.45, 2.75) is 108 Å². The van der Waals surface area contributed by atoms with Gasteiger partial charge in [0, 0.05) is 13.2 Å². The third-order valence-corrected chi connectivity index (χ3v) is 7.65. The van der Waals surface area contributed by atoms with Crippen LogP contribution in [0.4, 0.5) is 0 Å². The van der Waals surface area contributed by atoms with E-state index in [2.05, 4.69) is 43.3 Å². The van der Waals surface area contributed by atoms with Crippen LogP contribution in [-0.4, -0.2) is 57.6 Å². The molecule has 0 saturated heterocycles. The monoisotopic (exact) mass is 486 g/mol. The lowest BCUT2D eigenvalue weighted by molar-refractivity contribution is -0.111. The van der Waals surface area contributed by atoms with E-state index in [0.717, 1.165) is 31.3 Å². The van der Waals surface area contributed by atoms with Crippen LogP contribution in [0.2, 0.25) is 0 Å². The molecule has 0 unspecified atom stereocenters. The predicted molar refractivity (Wildman–Crippen MR) is 140 cm³/mol. The summed E-state index contributed by atoms with van der Waals surface area (Å²) in [5, 5.41) is 39.9. The first-order chi connectivity index (χ1) is 16.7. The highest BCUT2D eigenvalue weighted by atomic mass is 16.5. The van der Waals surface area contributed by atoms with Crippen molar-refractivity contribution in [1.82, 2.24) is 0 Å². The van der Waals surface area contributed by atoms with E-state index in [1.54, 1.807) is 0 Å². The molecule has 5 nitrogen and oxygen atoms in total. The van der Waals surface area contributed by atoms with E-state index in [1.165, 1.54) is 29.5 Å². The van der Waals surface area contributed by atoms with Crippen molar-refractivity contribution in [2.24, 2.45) is 5.92 Å². The van der Waals surface area contributed by atoms with Crippen molar-refractivity contribution in [1.29, 1.82) is 0 Å². The van der Waals surface area contributed by atoms with E-state index >= 15 is 0 Å². The van der Waals surface area contributed by atoms with Gasteiger partial charge < -0.3 is 25.2 Å². The first-order valence-corrected chi connectivity index (χ1v) is 13.5. The van der Waals surface area contributed by atoms with Crippen LogP contribution in [0.5, 0.6) is 0 Å². The lowest BCUT2D eigenvalue weighted by Crippen LogP contribution is -2.44. The van der Waals surface area contributed by atoms with Crippen molar-refractivity contribution < 1.29 is 25.2 Å². The highest BCUT2D eigenvalue weighted by Gasteiger charge is 2.34. The molecule has 3 rings (SSSR count). The molecule has 4 N–H and O–H groups in total. The molecule has 35 heavy (non-hydrogen) atoms. The molecule has 4 atom stereocenters. The van der Waals surface area contributed by atoms with Crippen molar-refractivity contribution in [2.75, 3.05) is 13.2 Å². The van der Waals surface area contributed by atoms with Crippen LogP contribution in [0, 0.1) is 5.92 Å². The van der Waals surface area contributed by atoms with Gasteiger partial charge in [0.25, 0.3) is 0 Å².